The zero-order chi connectivity index (χ0) is 15.2. The summed E-state index contributed by atoms with van der Waals surface area (Å²) in [7, 11) is 0. The van der Waals surface area contributed by atoms with Crippen LogP contribution in [-0.4, -0.2) is 59.4 Å². The van der Waals surface area contributed by atoms with Crippen molar-refractivity contribution in [3.05, 3.63) is 16.1 Å². The number of rotatable bonds is 3. The number of nitrogens with zero attached hydrogens (tertiary/aromatic N) is 4. The summed E-state index contributed by atoms with van der Waals surface area (Å²) in [4.78, 5) is 25.6. The van der Waals surface area contributed by atoms with Gasteiger partial charge in [-0.25, -0.2) is 9.98 Å². The van der Waals surface area contributed by atoms with Crippen molar-refractivity contribution in [1.82, 2.24) is 20.1 Å². The van der Waals surface area contributed by atoms with Gasteiger partial charge >= 0.3 is 0 Å². The van der Waals surface area contributed by atoms with E-state index in [0.29, 0.717) is 6.54 Å². The smallest absolute Gasteiger partial charge is 0.219 e. The number of nitrogens with one attached hydrogen (secondary N) is 1. The summed E-state index contributed by atoms with van der Waals surface area (Å²) in [6.45, 7) is 10.4. The molecule has 2 rings (SSSR count). The van der Waals surface area contributed by atoms with E-state index in [2.05, 4.69) is 27.1 Å². The molecule has 1 aromatic heterocycles. The van der Waals surface area contributed by atoms with Crippen LogP contribution in [-0.2, 0) is 11.3 Å². The van der Waals surface area contributed by atoms with Crippen LogP contribution >= 0.6 is 35.3 Å². The van der Waals surface area contributed by atoms with Crippen molar-refractivity contribution >= 4 is 47.2 Å². The first kappa shape index (κ1) is 19.1. The van der Waals surface area contributed by atoms with Gasteiger partial charge in [-0.3, -0.25) is 4.79 Å². The van der Waals surface area contributed by atoms with Gasteiger partial charge in [0.2, 0.25) is 5.91 Å². The fourth-order valence-electron chi connectivity index (χ4n) is 2.29. The third-order valence-corrected chi connectivity index (χ3v) is 4.31. The quantitative estimate of drug-likeness (QED) is 0.445. The normalized spacial score (nSPS) is 15.5. The Labute approximate surface area is 153 Å². The third-order valence-electron chi connectivity index (χ3n) is 3.41. The van der Waals surface area contributed by atoms with Gasteiger partial charge in [0.1, 0.15) is 0 Å². The molecular formula is C14H24IN5OS. The van der Waals surface area contributed by atoms with Crippen molar-refractivity contribution in [3.8, 4) is 0 Å². The highest BCUT2D eigenvalue weighted by molar-refractivity contribution is 14.0. The number of aromatic nitrogens is 1. The predicted octanol–water partition coefficient (Wildman–Crippen LogP) is 1.70. The highest BCUT2D eigenvalue weighted by Crippen LogP contribution is 2.13. The molecule has 2 heterocycles. The summed E-state index contributed by atoms with van der Waals surface area (Å²) in [5.74, 6) is 1.07. The number of guanidine groups is 1. The molecule has 0 aromatic carbocycles. The molecule has 1 aliphatic heterocycles. The second kappa shape index (κ2) is 9.29. The molecule has 124 valence electrons. The third kappa shape index (κ3) is 5.38. The molecule has 1 fully saturated rings. The first-order chi connectivity index (χ1) is 10.1. The molecule has 1 N–H and O–H groups in total. The first-order valence-electron chi connectivity index (χ1n) is 7.30. The average molecular weight is 437 g/mol. The number of thiazole rings is 1. The summed E-state index contributed by atoms with van der Waals surface area (Å²) in [5.41, 5.74) is 0. The topological polar surface area (TPSA) is 60.8 Å². The Morgan fingerprint density at radius 1 is 1.36 bits per heavy atom. The minimum atomic E-state index is 0. The molecule has 22 heavy (non-hydrogen) atoms. The summed E-state index contributed by atoms with van der Waals surface area (Å²) < 4.78 is 0. The summed E-state index contributed by atoms with van der Waals surface area (Å²) in [6.07, 6.45) is 1.89. The van der Waals surface area contributed by atoms with E-state index in [0.717, 1.165) is 43.7 Å². The van der Waals surface area contributed by atoms with Crippen LogP contribution in [0.15, 0.2) is 11.2 Å². The number of aryl methyl sites for hydroxylation is 1. The largest absolute Gasteiger partial charge is 0.357 e. The fourth-order valence-corrected chi connectivity index (χ4v) is 3.01. The molecule has 8 heteroatoms. The number of carbonyl (C=O) groups is 1. The number of hydrogen-bond donors (Lipinski definition) is 1. The van der Waals surface area contributed by atoms with E-state index in [9.17, 15) is 4.79 Å². The molecule has 0 spiro atoms. The van der Waals surface area contributed by atoms with E-state index in [4.69, 9.17) is 0 Å². The average Bonchev–Trinajstić information content (AvgIpc) is 2.89. The van der Waals surface area contributed by atoms with Crippen LogP contribution in [0.25, 0.3) is 0 Å². The van der Waals surface area contributed by atoms with E-state index in [1.54, 1.807) is 18.3 Å². The molecule has 0 aliphatic carbocycles. The molecule has 1 saturated heterocycles. The van der Waals surface area contributed by atoms with E-state index in [-0.39, 0.29) is 29.9 Å². The van der Waals surface area contributed by atoms with Crippen molar-refractivity contribution in [2.75, 3.05) is 32.7 Å². The van der Waals surface area contributed by atoms with Crippen LogP contribution in [0.5, 0.6) is 0 Å². The van der Waals surface area contributed by atoms with Crippen LogP contribution < -0.4 is 5.32 Å². The van der Waals surface area contributed by atoms with Gasteiger partial charge in [0.25, 0.3) is 0 Å². The Hall–Kier alpha value is -0.900. The van der Waals surface area contributed by atoms with Crippen LogP contribution in [0.3, 0.4) is 0 Å². The molecular weight excluding hydrogens is 413 g/mol. The molecule has 6 nitrogen and oxygen atoms in total. The van der Waals surface area contributed by atoms with Crippen molar-refractivity contribution in [2.24, 2.45) is 4.99 Å². The lowest BCUT2D eigenvalue weighted by Crippen LogP contribution is -2.53. The zero-order valence-electron chi connectivity index (χ0n) is 13.3. The monoisotopic (exact) mass is 437 g/mol. The van der Waals surface area contributed by atoms with Crippen LogP contribution in [0.1, 0.15) is 23.7 Å². The molecule has 1 amide bonds. The van der Waals surface area contributed by atoms with Gasteiger partial charge in [0.05, 0.1) is 11.6 Å². The Morgan fingerprint density at radius 2 is 2.00 bits per heavy atom. The Morgan fingerprint density at radius 3 is 2.50 bits per heavy atom. The molecule has 0 radical (unpaired) electrons. The second-order valence-corrected chi connectivity index (χ2v) is 6.33. The maximum Gasteiger partial charge on any atom is 0.219 e. The van der Waals surface area contributed by atoms with E-state index >= 15 is 0 Å². The summed E-state index contributed by atoms with van der Waals surface area (Å²) in [6, 6.07) is 0. The maximum absolute atomic E-state index is 11.4. The second-order valence-electron chi connectivity index (χ2n) is 5.01. The Bertz CT molecular complexity index is 511. The molecule has 1 aliphatic rings. The lowest BCUT2D eigenvalue weighted by molar-refractivity contribution is -0.130. The van der Waals surface area contributed by atoms with E-state index in [1.807, 2.05) is 18.0 Å². The minimum Gasteiger partial charge on any atom is -0.357 e. The van der Waals surface area contributed by atoms with Crippen molar-refractivity contribution in [3.63, 3.8) is 0 Å². The molecule has 1 aromatic rings. The molecule has 0 saturated carbocycles. The summed E-state index contributed by atoms with van der Waals surface area (Å²) >= 11 is 1.68. The predicted molar refractivity (Wildman–Crippen MR) is 101 cm³/mol. The van der Waals surface area contributed by atoms with E-state index in [1.165, 1.54) is 4.88 Å². The lowest BCUT2D eigenvalue weighted by Gasteiger charge is -2.36. The van der Waals surface area contributed by atoms with Crippen LogP contribution in [0.2, 0.25) is 0 Å². The van der Waals surface area contributed by atoms with Crippen LogP contribution in [0.4, 0.5) is 0 Å². The first-order valence-corrected chi connectivity index (χ1v) is 8.12. The van der Waals surface area contributed by atoms with Gasteiger partial charge in [-0.15, -0.1) is 35.3 Å². The molecule has 0 unspecified atom stereocenters. The molecule has 0 bridgehead atoms. The number of carbonyl (C=O) groups excluding carboxylic acids is 1. The van der Waals surface area contributed by atoms with Gasteiger partial charge in [-0.2, -0.15) is 0 Å². The highest BCUT2D eigenvalue weighted by Gasteiger charge is 2.20. The summed E-state index contributed by atoms with van der Waals surface area (Å²) in [5, 5.41) is 4.40. The number of amides is 1. The van der Waals surface area contributed by atoms with Crippen LogP contribution in [0, 0.1) is 6.92 Å². The van der Waals surface area contributed by atoms with E-state index < -0.39 is 0 Å². The lowest BCUT2D eigenvalue weighted by atomic mass is 10.3. The van der Waals surface area contributed by atoms with Crippen molar-refractivity contribution in [1.29, 1.82) is 0 Å². The minimum absolute atomic E-state index is 0. The van der Waals surface area contributed by atoms with Crippen molar-refractivity contribution < 1.29 is 4.79 Å². The van der Waals surface area contributed by atoms with Gasteiger partial charge in [-0.05, 0) is 13.8 Å². The fraction of sp³-hybridized carbons (Fsp3) is 0.643. The Kier molecular flexibility index (Phi) is 8.08. The van der Waals surface area contributed by atoms with Gasteiger partial charge < -0.3 is 15.1 Å². The van der Waals surface area contributed by atoms with Crippen molar-refractivity contribution in [2.45, 2.75) is 27.3 Å². The van der Waals surface area contributed by atoms with Gasteiger partial charge in [0.15, 0.2) is 5.96 Å². The van der Waals surface area contributed by atoms with Gasteiger partial charge in [-0.1, -0.05) is 0 Å². The molecule has 0 atom stereocenters. The Balaban J connectivity index is 0.00000242. The zero-order valence-corrected chi connectivity index (χ0v) is 16.5. The standard InChI is InChI=1S/C14H23N5OS.HI/c1-4-15-14(17-10-13-9-16-11(2)21-13)19-7-5-18(6-8-19)12(3)20;/h9H,4-8,10H2,1-3H3,(H,15,17);1H. The maximum atomic E-state index is 11.4. The SMILES string of the molecule is CCNC(=NCc1cnc(C)s1)N1CCN(C(C)=O)CC1.I. The highest BCUT2D eigenvalue weighted by atomic mass is 127. The number of hydrogen-bond acceptors (Lipinski definition) is 4. The number of halogens is 1. The van der Waals surface area contributed by atoms with Gasteiger partial charge in [0, 0.05) is 50.7 Å². The number of piperazine rings is 1. The number of aliphatic imine (C=N–C) groups is 1.